The molecule has 4 heteroatoms. The van der Waals surface area contributed by atoms with Gasteiger partial charge in [-0.25, -0.2) is 8.78 Å². The van der Waals surface area contributed by atoms with Gasteiger partial charge in [-0.15, -0.1) is 0 Å². The highest BCUT2D eigenvalue weighted by molar-refractivity contribution is 5.29. The molecule has 0 aliphatic rings. The lowest BCUT2D eigenvalue weighted by Gasteiger charge is -2.23. The molecule has 0 radical (unpaired) electrons. The number of aryl methyl sites for hydroxylation is 1. The summed E-state index contributed by atoms with van der Waals surface area (Å²) in [6.45, 7) is 3.72. The third kappa shape index (κ3) is 3.33. The molecule has 20 heavy (non-hydrogen) atoms. The summed E-state index contributed by atoms with van der Waals surface area (Å²) in [5.74, 6) is -1.28. The van der Waals surface area contributed by atoms with Gasteiger partial charge in [0.2, 0.25) is 0 Å². The van der Waals surface area contributed by atoms with Gasteiger partial charge in [0.1, 0.15) is 11.9 Å². The Kier molecular flexibility index (Phi) is 4.35. The normalized spacial score (nSPS) is 13.8. The minimum atomic E-state index is -0.607. The highest BCUT2D eigenvalue weighted by atomic mass is 19.1. The Morgan fingerprint density at radius 2 is 1.85 bits per heavy atom. The number of rotatable bonds is 4. The lowest BCUT2D eigenvalue weighted by molar-refractivity contribution is 0.172. The topological polar surface area (TPSA) is 35.2 Å². The molecule has 0 saturated carbocycles. The fraction of sp³-hybridized carbons (Fsp3) is 0.250. The Bertz CT molecular complexity index is 599. The van der Waals surface area contributed by atoms with Crippen LogP contribution in [0.4, 0.5) is 8.78 Å². The van der Waals surface area contributed by atoms with E-state index in [-0.39, 0.29) is 11.8 Å². The maximum absolute atomic E-state index is 13.7. The first-order valence-corrected chi connectivity index (χ1v) is 6.41. The van der Waals surface area contributed by atoms with Crippen molar-refractivity contribution in [2.45, 2.75) is 26.0 Å². The molecule has 2 unspecified atom stereocenters. The van der Waals surface area contributed by atoms with Crippen molar-refractivity contribution in [2.75, 3.05) is 0 Å². The summed E-state index contributed by atoms with van der Waals surface area (Å²) in [6.07, 6.45) is -0.536. The molecule has 0 aromatic heterocycles. The van der Waals surface area contributed by atoms with Crippen LogP contribution in [0.5, 0.6) is 5.75 Å². The molecular formula is C16H17F2NO. The first kappa shape index (κ1) is 14.5. The Hall–Kier alpha value is -1.94. The minimum absolute atomic E-state index is 0.131. The average Bonchev–Trinajstić information content (AvgIpc) is 2.39. The van der Waals surface area contributed by atoms with Gasteiger partial charge < -0.3 is 10.5 Å². The molecule has 0 fully saturated rings. The van der Waals surface area contributed by atoms with Crippen LogP contribution >= 0.6 is 0 Å². The van der Waals surface area contributed by atoms with Crippen LogP contribution in [0.15, 0.2) is 42.5 Å². The molecule has 2 atom stereocenters. The van der Waals surface area contributed by atoms with Crippen molar-refractivity contribution in [3.63, 3.8) is 0 Å². The second-order valence-corrected chi connectivity index (χ2v) is 4.89. The summed E-state index contributed by atoms with van der Waals surface area (Å²) in [5, 5.41) is 0. The summed E-state index contributed by atoms with van der Waals surface area (Å²) in [4.78, 5) is 0. The van der Waals surface area contributed by atoms with Crippen LogP contribution in [0.2, 0.25) is 0 Å². The van der Waals surface area contributed by atoms with Gasteiger partial charge in [0, 0.05) is 12.1 Å². The third-order valence-corrected chi connectivity index (χ3v) is 3.00. The molecule has 2 rings (SSSR count). The van der Waals surface area contributed by atoms with E-state index in [4.69, 9.17) is 10.5 Å². The van der Waals surface area contributed by atoms with Gasteiger partial charge >= 0.3 is 0 Å². The van der Waals surface area contributed by atoms with Gasteiger partial charge in [-0.05, 0) is 31.5 Å². The van der Waals surface area contributed by atoms with E-state index in [0.29, 0.717) is 0 Å². The zero-order valence-electron chi connectivity index (χ0n) is 11.4. The largest absolute Gasteiger partial charge is 0.481 e. The maximum atomic E-state index is 13.7. The zero-order chi connectivity index (χ0) is 14.7. The van der Waals surface area contributed by atoms with Crippen molar-refractivity contribution in [3.05, 3.63) is 65.2 Å². The van der Waals surface area contributed by atoms with E-state index >= 15 is 0 Å². The number of hydrogen-bond acceptors (Lipinski definition) is 2. The molecule has 2 N–H and O–H groups in total. The fourth-order valence-electron chi connectivity index (χ4n) is 2.03. The van der Waals surface area contributed by atoms with E-state index < -0.39 is 17.7 Å². The Labute approximate surface area is 117 Å². The Morgan fingerprint density at radius 3 is 2.50 bits per heavy atom. The van der Waals surface area contributed by atoms with Crippen molar-refractivity contribution in [1.29, 1.82) is 0 Å². The lowest BCUT2D eigenvalue weighted by atomic mass is 10.0. The second kappa shape index (κ2) is 6.01. The van der Waals surface area contributed by atoms with Gasteiger partial charge in [0.25, 0.3) is 0 Å². The van der Waals surface area contributed by atoms with E-state index in [1.165, 1.54) is 0 Å². The zero-order valence-corrected chi connectivity index (χ0v) is 11.4. The number of halogens is 2. The Morgan fingerprint density at radius 1 is 1.10 bits per heavy atom. The van der Waals surface area contributed by atoms with Gasteiger partial charge in [-0.2, -0.15) is 0 Å². The molecule has 0 aliphatic heterocycles. The summed E-state index contributed by atoms with van der Waals surface area (Å²) >= 11 is 0. The highest BCUT2D eigenvalue weighted by Gasteiger charge is 2.20. The van der Waals surface area contributed by atoms with Crippen LogP contribution in [0.3, 0.4) is 0 Å². The van der Waals surface area contributed by atoms with E-state index in [9.17, 15) is 8.78 Å². The lowest BCUT2D eigenvalue weighted by Crippen LogP contribution is -2.29. The van der Waals surface area contributed by atoms with Crippen LogP contribution in [0.1, 0.15) is 24.2 Å². The summed E-state index contributed by atoms with van der Waals surface area (Å²) in [6, 6.07) is 10.4. The van der Waals surface area contributed by atoms with Crippen LogP contribution < -0.4 is 10.5 Å². The van der Waals surface area contributed by atoms with E-state index in [1.807, 2.05) is 31.2 Å². The summed E-state index contributed by atoms with van der Waals surface area (Å²) < 4.78 is 32.4. The SMILES string of the molecule is Cc1cccc(C(Oc2cc(F)ccc2F)C(C)N)c1. The van der Waals surface area contributed by atoms with Crippen LogP contribution in [-0.4, -0.2) is 6.04 Å². The van der Waals surface area contributed by atoms with E-state index in [2.05, 4.69) is 0 Å². The molecule has 0 saturated heterocycles. The van der Waals surface area contributed by atoms with E-state index in [1.54, 1.807) is 6.92 Å². The van der Waals surface area contributed by atoms with Crippen molar-refractivity contribution in [1.82, 2.24) is 0 Å². The maximum Gasteiger partial charge on any atom is 0.165 e. The quantitative estimate of drug-likeness (QED) is 0.924. The average molecular weight is 277 g/mol. The highest BCUT2D eigenvalue weighted by Crippen LogP contribution is 2.27. The van der Waals surface area contributed by atoms with Crippen molar-refractivity contribution in [2.24, 2.45) is 5.73 Å². The minimum Gasteiger partial charge on any atom is -0.481 e. The number of hydrogen-bond donors (Lipinski definition) is 1. The molecule has 0 heterocycles. The van der Waals surface area contributed by atoms with Crippen molar-refractivity contribution >= 4 is 0 Å². The van der Waals surface area contributed by atoms with Gasteiger partial charge in [0.05, 0.1) is 0 Å². The number of ether oxygens (including phenoxy) is 1. The predicted octanol–water partition coefficient (Wildman–Crippen LogP) is 3.74. The second-order valence-electron chi connectivity index (χ2n) is 4.89. The molecule has 0 amide bonds. The number of benzene rings is 2. The molecular weight excluding hydrogens is 260 g/mol. The summed E-state index contributed by atoms with van der Waals surface area (Å²) in [7, 11) is 0. The first-order chi connectivity index (χ1) is 9.47. The molecule has 2 aromatic carbocycles. The smallest absolute Gasteiger partial charge is 0.165 e. The van der Waals surface area contributed by atoms with Crippen LogP contribution in [-0.2, 0) is 0 Å². The van der Waals surface area contributed by atoms with E-state index in [0.717, 1.165) is 29.3 Å². The Balaban J connectivity index is 2.33. The molecule has 0 aliphatic carbocycles. The van der Waals surface area contributed by atoms with Gasteiger partial charge in [0.15, 0.2) is 11.6 Å². The van der Waals surface area contributed by atoms with Crippen molar-refractivity contribution in [3.8, 4) is 5.75 Å². The molecule has 0 bridgehead atoms. The first-order valence-electron chi connectivity index (χ1n) is 6.41. The molecule has 2 nitrogen and oxygen atoms in total. The molecule has 0 spiro atoms. The van der Waals surface area contributed by atoms with Crippen molar-refractivity contribution < 1.29 is 13.5 Å². The summed E-state index contributed by atoms with van der Waals surface area (Å²) in [5.41, 5.74) is 7.80. The van der Waals surface area contributed by atoms with Gasteiger partial charge in [-0.3, -0.25) is 0 Å². The van der Waals surface area contributed by atoms with Gasteiger partial charge in [-0.1, -0.05) is 29.8 Å². The van der Waals surface area contributed by atoms with Crippen LogP contribution in [0, 0.1) is 18.6 Å². The molecule has 2 aromatic rings. The standard InChI is InChI=1S/C16H17F2NO/c1-10-4-3-5-12(8-10)16(11(2)19)20-15-9-13(17)6-7-14(15)18/h3-9,11,16H,19H2,1-2H3. The monoisotopic (exact) mass is 277 g/mol. The predicted molar refractivity (Wildman–Crippen MR) is 74.6 cm³/mol. The fourth-order valence-corrected chi connectivity index (χ4v) is 2.03. The number of nitrogens with two attached hydrogens (primary N) is 1. The molecule has 106 valence electrons. The third-order valence-electron chi connectivity index (χ3n) is 3.00. The van der Waals surface area contributed by atoms with Crippen LogP contribution in [0.25, 0.3) is 0 Å².